The molecule has 1 saturated heterocycles. The number of rotatable bonds is 7. The second-order valence-corrected chi connectivity index (χ2v) is 10.0. The van der Waals surface area contributed by atoms with Crippen LogP contribution in [0.3, 0.4) is 0 Å². The molecule has 1 saturated carbocycles. The molecule has 2 aromatic rings. The third-order valence-electron chi connectivity index (χ3n) is 7.58. The first-order chi connectivity index (χ1) is 16.5. The Morgan fingerprint density at radius 2 is 1.88 bits per heavy atom. The number of carbonyl (C=O) groups excluding carboxylic acids is 2. The fraction of sp³-hybridized carbons (Fsp3) is 0.560. The number of benzene rings is 1. The summed E-state index contributed by atoms with van der Waals surface area (Å²) >= 11 is 6.00. The fourth-order valence-corrected chi connectivity index (χ4v) is 5.82. The predicted octanol–water partition coefficient (Wildman–Crippen LogP) is 4.14. The van der Waals surface area contributed by atoms with Gasteiger partial charge in [-0.1, -0.05) is 43.0 Å². The van der Waals surface area contributed by atoms with Gasteiger partial charge in [-0.25, -0.2) is 14.8 Å². The van der Waals surface area contributed by atoms with Crippen LogP contribution in [0.5, 0.6) is 0 Å². The molecule has 3 amide bonds. The zero-order chi connectivity index (χ0) is 24.0. The summed E-state index contributed by atoms with van der Waals surface area (Å²) in [6, 6.07) is 6.03. The Balaban J connectivity index is 1.47. The molecule has 2 fully saturated rings. The van der Waals surface area contributed by atoms with Crippen molar-refractivity contribution in [2.45, 2.75) is 64.0 Å². The second kappa shape index (κ2) is 11.1. The van der Waals surface area contributed by atoms with Crippen LogP contribution in [0.1, 0.15) is 50.5 Å². The topological polar surface area (TPSA) is 92.5 Å². The standard InChI is InChI=1S/C25H33ClN6O2/c1-27-24(34)30-22(15-19-7-9-21(26)10-8-19)23(33)31-13-11-25(12-14-31,16-32-18-28-17-29-32)20-5-3-2-4-6-20/h7-10,17-18,20,22H,1-6,11-16H2,(H,30,34). The Labute approximate surface area is 205 Å². The first-order valence-electron chi connectivity index (χ1n) is 12.1. The lowest BCUT2D eigenvalue weighted by molar-refractivity contribution is -0.136. The highest BCUT2D eigenvalue weighted by molar-refractivity contribution is 6.30. The number of amides is 3. The summed E-state index contributed by atoms with van der Waals surface area (Å²) < 4.78 is 1.95. The van der Waals surface area contributed by atoms with Gasteiger partial charge in [0.1, 0.15) is 18.7 Å². The highest BCUT2D eigenvalue weighted by Gasteiger charge is 2.43. The summed E-state index contributed by atoms with van der Waals surface area (Å²) in [4.78, 5) is 35.0. The minimum atomic E-state index is -0.698. The van der Waals surface area contributed by atoms with E-state index in [4.69, 9.17) is 11.6 Å². The van der Waals surface area contributed by atoms with Gasteiger partial charge in [-0.2, -0.15) is 5.10 Å². The van der Waals surface area contributed by atoms with E-state index >= 15 is 0 Å². The van der Waals surface area contributed by atoms with E-state index < -0.39 is 12.1 Å². The molecule has 8 nitrogen and oxygen atoms in total. The number of piperidine rings is 1. The second-order valence-electron chi connectivity index (χ2n) is 9.61. The van der Waals surface area contributed by atoms with E-state index in [1.54, 1.807) is 24.8 Å². The maximum Gasteiger partial charge on any atom is 0.340 e. The number of nitrogens with zero attached hydrogens (tertiary/aromatic N) is 5. The minimum Gasteiger partial charge on any atom is -0.341 e. The quantitative estimate of drug-likeness (QED) is 0.597. The van der Waals surface area contributed by atoms with Crippen molar-refractivity contribution in [1.82, 2.24) is 25.0 Å². The normalized spacial score (nSPS) is 19.4. The molecule has 1 aliphatic carbocycles. The van der Waals surface area contributed by atoms with Gasteiger partial charge in [0, 0.05) is 31.1 Å². The molecule has 2 aliphatic rings. The molecular weight excluding hydrogens is 452 g/mol. The average Bonchev–Trinajstić information content (AvgIpc) is 3.38. The summed E-state index contributed by atoms with van der Waals surface area (Å²) in [5, 5.41) is 7.74. The first kappa shape index (κ1) is 24.4. The third-order valence-corrected chi connectivity index (χ3v) is 7.83. The summed E-state index contributed by atoms with van der Waals surface area (Å²) in [6.45, 7) is 5.46. The van der Waals surface area contributed by atoms with Gasteiger partial charge in [-0.05, 0) is 61.4 Å². The zero-order valence-electron chi connectivity index (χ0n) is 19.5. The van der Waals surface area contributed by atoms with Crippen LogP contribution in [-0.2, 0) is 17.8 Å². The smallest absolute Gasteiger partial charge is 0.340 e. The van der Waals surface area contributed by atoms with Crippen molar-refractivity contribution in [3.8, 4) is 0 Å². The number of carbonyl (C=O) groups is 2. The Hall–Kier alpha value is -2.74. The summed E-state index contributed by atoms with van der Waals surface area (Å²) in [6.07, 6.45) is 11.9. The lowest BCUT2D eigenvalue weighted by Gasteiger charge is -2.48. The van der Waals surface area contributed by atoms with Crippen molar-refractivity contribution in [2.75, 3.05) is 13.1 Å². The maximum absolute atomic E-state index is 13.5. The van der Waals surface area contributed by atoms with E-state index in [1.165, 1.54) is 32.1 Å². The number of nitrogens with one attached hydrogen (secondary N) is 1. The van der Waals surface area contributed by atoms with Gasteiger partial charge >= 0.3 is 6.03 Å². The molecule has 1 N–H and O–H groups in total. The molecule has 4 rings (SSSR count). The van der Waals surface area contributed by atoms with Crippen LogP contribution in [0.15, 0.2) is 41.9 Å². The first-order valence-corrected chi connectivity index (χ1v) is 12.5. The molecule has 34 heavy (non-hydrogen) atoms. The fourth-order valence-electron chi connectivity index (χ4n) is 5.69. The van der Waals surface area contributed by atoms with E-state index in [1.807, 2.05) is 21.7 Å². The molecule has 0 spiro atoms. The van der Waals surface area contributed by atoms with Gasteiger partial charge in [0.2, 0.25) is 5.91 Å². The highest BCUT2D eigenvalue weighted by atomic mass is 35.5. The third kappa shape index (κ3) is 5.84. The number of aromatic nitrogens is 3. The van der Waals surface area contributed by atoms with E-state index in [0.29, 0.717) is 30.5 Å². The van der Waals surface area contributed by atoms with E-state index in [9.17, 15) is 9.59 Å². The SMILES string of the molecule is C=NC(=O)NC(Cc1ccc(Cl)cc1)C(=O)N1CCC(Cn2cncn2)(C2CCCCC2)CC1. The summed E-state index contributed by atoms with van der Waals surface area (Å²) in [7, 11) is 0. The number of urea groups is 1. The van der Waals surface area contributed by atoms with E-state index in [-0.39, 0.29) is 11.3 Å². The maximum atomic E-state index is 13.5. The largest absolute Gasteiger partial charge is 0.341 e. The molecule has 1 unspecified atom stereocenters. The van der Waals surface area contributed by atoms with E-state index in [0.717, 1.165) is 24.9 Å². The van der Waals surface area contributed by atoms with Crippen molar-refractivity contribution in [3.05, 3.63) is 47.5 Å². The lowest BCUT2D eigenvalue weighted by atomic mass is 9.63. The van der Waals surface area contributed by atoms with Gasteiger partial charge in [-0.15, -0.1) is 0 Å². The molecule has 182 valence electrons. The molecule has 2 heterocycles. The zero-order valence-corrected chi connectivity index (χ0v) is 20.3. The molecule has 1 aliphatic heterocycles. The average molecular weight is 485 g/mol. The molecule has 9 heteroatoms. The lowest BCUT2D eigenvalue weighted by Crippen LogP contribution is -2.54. The van der Waals surface area contributed by atoms with Gasteiger partial charge in [0.05, 0.1) is 0 Å². The van der Waals surface area contributed by atoms with E-state index in [2.05, 4.69) is 27.1 Å². The Bertz CT molecular complexity index is 964. The van der Waals surface area contributed by atoms with Gasteiger partial charge in [0.15, 0.2) is 0 Å². The van der Waals surface area contributed by atoms with Crippen LogP contribution in [0.4, 0.5) is 4.79 Å². The van der Waals surface area contributed by atoms with Crippen LogP contribution in [0.2, 0.25) is 5.02 Å². The summed E-state index contributed by atoms with van der Waals surface area (Å²) in [5.41, 5.74) is 1.04. The minimum absolute atomic E-state index is 0.0787. The van der Waals surface area contributed by atoms with Gasteiger partial charge < -0.3 is 10.2 Å². The molecular formula is C25H33ClN6O2. The number of likely N-dealkylation sites (tertiary alicyclic amines) is 1. The van der Waals surface area contributed by atoms with Crippen molar-refractivity contribution in [3.63, 3.8) is 0 Å². The van der Waals surface area contributed by atoms with Crippen LogP contribution >= 0.6 is 11.6 Å². The van der Waals surface area contributed by atoms with Crippen LogP contribution in [-0.4, -0.2) is 57.5 Å². The summed E-state index contributed by atoms with van der Waals surface area (Å²) in [5.74, 6) is 0.558. The van der Waals surface area contributed by atoms with Crippen LogP contribution in [0.25, 0.3) is 0 Å². The number of hydrogen-bond acceptors (Lipinski definition) is 4. The van der Waals surface area contributed by atoms with Crippen molar-refractivity contribution in [2.24, 2.45) is 16.3 Å². The highest BCUT2D eigenvalue weighted by Crippen LogP contribution is 2.47. The Kier molecular flexibility index (Phi) is 7.98. The Morgan fingerprint density at radius 3 is 2.50 bits per heavy atom. The van der Waals surface area contributed by atoms with Crippen LogP contribution in [0, 0.1) is 11.3 Å². The molecule has 1 aromatic heterocycles. The predicted molar refractivity (Wildman–Crippen MR) is 132 cm³/mol. The number of hydrogen-bond donors (Lipinski definition) is 1. The monoisotopic (exact) mass is 484 g/mol. The number of aliphatic imine (C=N–C) groups is 1. The molecule has 1 aromatic carbocycles. The van der Waals surface area contributed by atoms with Crippen molar-refractivity contribution < 1.29 is 9.59 Å². The molecule has 1 atom stereocenters. The molecule has 0 radical (unpaired) electrons. The van der Waals surface area contributed by atoms with Crippen LogP contribution < -0.4 is 5.32 Å². The van der Waals surface area contributed by atoms with Crippen molar-refractivity contribution >= 4 is 30.3 Å². The van der Waals surface area contributed by atoms with Gasteiger partial charge in [0.25, 0.3) is 0 Å². The Morgan fingerprint density at radius 1 is 1.18 bits per heavy atom. The van der Waals surface area contributed by atoms with Gasteiger partial charge in [-0.3, -0.25) is 9.48 Å². The van der Waals surface area contributed by atoms with Crippen molar-refractivity contribution in [1.29, 1.82) is 0 Å². The number of halogens is 1. The molecule has 0 bridgehead atoms.